The first-order chi connectivity index (χ1) is 5.08. The van der Waals surface area contributed by atoms with Crippen molar-refractivity contribution in [2.45, 2.75) is 27.7 Å². The van der Waals surface area contributed by atoms with E-state index in [2.05, 4.69) is 20.8 Å². The zero-order chi connectivity index (χ0) is 9.28. The molecule has 0 heterocycles. The molecule has 0 saturated heterocycles. The molecule has 0 amide bonds. The van der Waals surface area contributed by atoms with Gasteiger partial charge in [0.1, 0.15) is 17.3 Å². The van der Waals surface area contributed by atoms with Gasteiger partial charge in [-0.05, 0) is 38.6 Å². The second kappa shape index (κ2) is 18.5. The van der Waals surface area contributed by atoms with Crippen LogP contribution in [0.3, 0.4) is 0 Å². The van der Waals surface area contributed by atoms with Crippen molar-refractivity contribution in [2.24, 2.45) is 0 Å². The predicted molar refractivity (Wildman–Crippen MR) is 51.6 cm³/mol. The molecule has 5 heteroatoms. The number of rotatable bonds is 3. The third kappa shape index (κ3) is 32.3. The Balaban J connectivity index is -0.0000000600. The number of carbonyl (C=O) groups excluding carboxylic acids is 1. The van der Waals surface area contributed by atoms with Gasteiger partial charge in [0.25, 0.3) is 0 Å². The summed E-state index contributed by atoms with van der Waals surface area (Å²) in [6, 6.07) is 0. The molecule has 0 unspecified atom stereocenters. The zero-order valence-electron chi connectivity index (χ0n) is 9.29. The summed E-state index contributed by atoms with van der Waals surface area (Å²) in [6.45, 7) is 7.79. The topological polar surface area (TPSA) is 70.1 Å². The summed E-state index contributed by atoms with van der Waals surface area (Å²) in [6.07, 6.45) is 0. The Morgan fingerprint density at radius 2 is 1.31 bits per heavy atom. The van der Waals surface area contributed by atoms with E-state index < -0.39 is 5.97 Å². The normalized spacial score (nSPS) is 7.46. The monoisotopic (exact) mass is 218 g/mol. The van der Waals surface area contributed by atoms with E-state index >= 15 is 0 Å². The summed E-state index contributed by atoms with van der Waals surface area (Å²) in [5.74, 6) is 3.06. The van der Waals surface area contributed by atoms with Crippen LogP contribution in [0.15, 0.2) is 0 Å². The fourth-order valence-corrected chi connectivity index (χ4v) is 1.84. The summed E-state index contributed by atoms with van der Waals surface area (Å²) in [7, 11) is 0.755. The number of hydrogen-bond acceptors (Lipinski definition) is 3. The number of aliphatic carboxylic acids is 1. The van der Waals surface area contributed by atoms with E-state index in [1.54, 1.807) is 0 Å². The Hall–Kier alpha value is 0.780. The van der Waals surface area contributed by atoms with Crippen LogP contribution in [0.2, 0.25) is 0 Å². The maximum absolute atomic E-state index is 8.89. The molecular formula is C8H19NaO3S. The van der Waals surface area contributed by atoms with E-state index in [0.29, 0.717) is 0 Å². The van der Waals surface area contributed by atoms with Crippen LogP contribution in [0.5, 0.6) is 0 Å². The first-order valence-electron chi connectivity index (χ1n) is 3.90. The molecule has 0 spiro atoms. The SMILES string of the molecule is CC(=O)[O-].CC[S+](CC)CC.[Na+].[OH-]. The van der Waals surface area contributed by atoms with E-state index in [-0.39, 0.29) is 35.0 Å². The molecule has 0 aromatic rings. The first-order valence-corrected chi connectivity index (χ1v) is 5.63. The van der Waals surface area contributed by atoms with E-state index in [9.17, 15) is 0 Å². The average molecular weight is 218 g/mol. The van der Waals surface area contributed by atoms with Gasteiger partial charge in [0.05, 0.1) is 0 Å². The Morgan fingerprint density at radius 3 is 1.31 bits per heavy atom. The van der Waals surface area contributed by atoms with Crippen LogP contribution in [0.25, 0.3) is 0 Å². The van der Waals surface area contributed by atoms with Gasteiger partial charge in [-0.15, -0.1) is 0 Å². The minimum absolute atomic E-state index is 0. The minimum Gasteiger partial charge on any atom is -0.870 e. The van der Waals surface area contributed by atoms with Gasteiger partial charge in [-0.2, -0.15) is 0 Å². The number of carbonyl (C=O) groups is 1. The van der Waals surface area contributed by atoms with Crippen LogP contribution in [0.4, 0.5) is 0 Å². The number of carboxylic acid groups (broad SMARTS) is 1. The van der Waals surface area contributed by atoms with E-state index in [1.807, 2.05) is 0 Å². The largest absolute Gasteiger partial charge is 1.00 e. The Bertz CT molecular complexity index is 87.9. The van der Waals surface area contributed by atoms with Crippen LogP contribution in [-0.4, -0.2) is 28.7 Å². The van der Waals surface area contributed by atoms with Crippen LogP contribution in [0.1, 0.15) is 27.7 Å². The molecule has 1 N–H and O–H groups in total. The molecule has 0 atom stereocenters. The van der Waals surface area contributed by atoms with Gasteiger partial charge < -0.3 is 15.4 Å². The molecule has 76 valence electrons. The third-order valence-corrected chi connectivity index (χ3v) is 3.67. The predicted octanol–water partition coefficient (Wildman–Crippen LogP) is -2.75. The van der Waals surface area contributed by atoms with Crippen molar-refractivity contribution in [3.63, 3.8) is 0 Å². The third-order valence-electron chi connectivity index (χ3n) is 1.22. The van der Waals surface area contributed by atoms with Crippen molar-refractivity contribution in [3.8, 4) is 0 Å². The van der Waals surface area contributed by atoms with Crippen molar-refractivity contribution in [1.82, 2.24) is 0 Å². The smallest absolute Gasteiger partial charge is 0.870 e. The molecule has 0 rings (SSSR count). The van der Waals surface area contributed by atoms with Crippen LogP contribution in [0, 0.1) is 0 Å². The van der Waals surface area contributed by atoms with E-state index in [1.165, 1.54) is 17.3 Å². The summed E-state index contributed by atoms with van der Waals surface area (Å²) < 4.78 is 0. The van der Waals surface area contributed by atoms with Gasteiger partial charge >= 0.3 is 29.6 Å². The van der Waals surface area contributed by atoms with E-state index in [0.717, 1.165) is 17.8 Å². The van der Waals surface area contributed by atoms with Gasteiger partial charge in [-0.3, -0.25) is 0 Å². The fraction of sp³-hybridized carbons (Fsp3) is 0.875. The molecule has 13 heavy (non-hydrogen) atoms. The zero-order valence-corrected chi connectivity index (χ0v) is 12.1. The summed E-state index contributed by atoms with van der Waals surface area (Å²) in [5, 5.41) is 8.89. The second-order valence-electron chi connectivity index (χ2n) is 1.97. The molecule has 3 nitrogen and oxygen atoms in total. The van der Waals surface area contributed by atoms with E-state index in [4.69, 9.17) is 9.90 Å². The van der Waals surface area contributed by atoms with Crippen molar-refractivity contribution in [2.75, 3.05) is 17.3 Å². The maximum Gasteiger partial charge on any atom is 1.00 e. The Kier molecular flexibility index (Phi) is 33.6. The van der Waals surface area contributed by atoms with Gasteiger partial charge in [-0.25, -0.2) is 0 Å². The molecular weight excluding hydrogens is 199 g/mol. The molecule has 0 aliphatic heterocycles. The van der Waals surface area contributed by atoms with Crippen molar-refractivity contribution in [3.05, 3.63) is 0 Å². The molecule has 0 bridgehead atoms. The fourth-order valence-electron chi connectivity index (χ4n) is 0.612. The van der Waals surface area contributed by atoms with Crippen molar-refractivity contribution in [1.29, 1.82) is 0 Å². The van der Waals surface area contributed by atoms with Crippen LogP contribution < -0.4 is 34.7 Å². The Morgan fingerprint density at radius 1 is 1.15 bits per heavy atom. The number of hydrogen-bond donors (Lipinski definition) is 0. The summed E-state index contributed by atoms with van der Waals surface area (Å²) in [5.41, 5.74) is 0. The molecule has 0 saturated carbocycles. The molecule has 0 aromatic heterocycles. The molecule has 0 aromatic carbocycles. The summed E-state index contributed by atoms with van der Waals surface area (Å²) in [4.78, 5) is 8.89. The Labute approximate surface area is 106 Å². The molecule has 0 fully saturated rings. The van der Waals surface area contributed by atoms with Crippen molar-refractivity contribution < 1.29 is 44.9 Å². The quantitative estimate of drug-likeness (QED) is 0.381. The second-order valence-corrected chi connectivity index (χ2v) is 4.93. The summed E-state index contributed by atoms with van der Waals surface area (Å²) >= 11 is 0. The molecule has 0 aliphatic rings. The average Bonchev–Trinajstić information content (AvgIpc) is 1.90. The van der Waals surface area contributed by atoms with Crippen LogP contribution in [-0.2, 0) is 15.7 Å². The first kappa shape index (κ1) is 23.5. The molecule has 0 radical (unpaired) electrons. The standard InChI is InChI=1S/C6H15S.C2H4O2.Na.H2O/c1-4-7(5-2)6-3;1-2(3)4;;/h4-6H2,1-3H3;1H3,(H,3,4);;1H2/q+1;;+1;/p-2. The van der Waals surface area contributed by atoms with Gasteiger partial charge in [0.15, 0.2) is 0 Å². The molecule has 0 aliphatic carbocycles. The van der Waals surface area contributed by atoms with Gasteiger partial charge in [0, 0.05) is 5.97 Å². The van der Waals surface area contributed by atoms with Crippen molar-refractivity contribution >= 4 is 16.9 Å². The number of carboxylic acids is 1. The maximum atomic E-state index is 8.89. The van der Waals surface area contributed by atoms with Gasteiger partial charge in [-0.1, -0.05) is 0 Å². The minimum atomic E-state index is -1.08. The van der Waals surface area contributed by atoms with Crippen LogP contribution >= 0.6 is 0 Å². The van der Waals surface area contributed by atoms with Gasteiger partial charge in [0.2, 0.25) is 0 Å².